The lowest BCUT2D eigenvalue weighted by molar-refractivity contribution is -0.135. The monoisotopic (exact) mass is 320 g/mol. The summed E-state index contributed by atoms with van der Waals surface area (Å²) in [5.41, 5.74) is 0. The molecule has 0 aromatic rings. The van der Waals surface area contributed by atoms with Gasteiger partial charge in [0.15, 0.2) is 0 Å². The summed E-state index contributed by atoms with van der Waals surface area (Å²) >= 11 is 0. The predicted octanol–water partition coefficient (Wildman–Crippen LogP) is 6.10. The molecule has 0 heterocycles. The second kappa shape index (κ2) is 16.6. The van der Waals surface area contributed by atoms with Gasteiger partial charge in [0.05, 0.1) is 0 Å². The maximum Gasteiger partial charge on any atom is 0.370 e. The number of aliphatic carboxylic acids is 1. The van der Waals surface area contributed by atoms with Crippen molar-refractivity contribution in [1.82, 2.24) is 0 Å². The van der Waals surface area contributed by atoms with Crippen molar-refractivity contribution in [3.63, 3.8) is 0 Å². The van der Waals surface area contributed by atoms with Gasteiger partial charge >= 0.3 is 5.97 Å². The van der Waals surface area contributed by atoms with Gasteiger partial charge in [-0.25, -0.2) is 4.79 Å². The number of hydrogen-bond donors (Lipinski definition) is 2. The van der Waals surface area contributed by atoms with Crippen LogP contribution in [0.25, 0.3) is 0 Å². The fourth-order valence-corrected chi connectivity index (χ4v) is 2.16. The van der Waals surface area contributed by atoms with Crippen molar-refractivity contribution >= 4 is 5.97 Å². The minimum Gasteiger partial charge on any atom is -0.502 e. The van der Waals surface area contributed by atoms with Crippen LogP contribution < -0.4 is 0 Å². The molecule has 0 spiro atoms. The predicted molar refractivity (Wildman–Crippen MR) is 97.6 cm³/mol. The van der Waals surface area contributed by atoms with Gasteiger partial charge in [-0.1, -0.05) is 94.7 Å². The topological polar surface area (TPSA) is 57.5 Å². The van der Waals surface area contributed by atoms with Crippen LogP contribution in [0.1, 0.15) is 71.1 Å². The maximum absolute atomic E-state index is 10.3. The summed E-state index contributed by atoms with van der Waals surface area (Å²) in [4.78, 5) is 10.3. The second-order valence-electron chi connectivity index (χ2n) is 5.67. The van der Waals surface area contributed by atoms with E-state index in [-0.39, 0.29) is 0 Å². The van der Waals surface area contributed by atoms with Crippen LogP contribution in [0.4, 0.5) is 0 Å². The first-order chi connectivity index (χ1) is 11.2. The Morgan fingerprint density at radius 1 is 0.739 bits per heavy atom. The van der Waals surface area contributed by atoms with Crippen LogP contribution in [0.2, 0.25) is 0 Å². The lowest BCUT2D eigenvalue weighted by Crippen LogP contribution is -1.97. The molecule has 3 heteroatoms. The van der Waals surface area contributed by atoms with Crippen LogP contribution in [-0.4, -0.2) is 16.2 Å². The molecular weight excluding hydrogens is 288 g/mol. The molecule has 0 aromatic heterocycles. The van der Waals surface area contributed by atoms with Crippen LogP contribution in [0.15, 0.2) is 48.3 Å². The summed E-state index contributed by atoms with van der Waals surface area (Å²) in [6, 6.07) is 0. The van der Waals surface area contributed by atoms with E-state index in [4.69, 9.17) is 10.2 Å². The summed E-state index contributed by atoms with van der Waals surface area (Å²) < 4.78 is 0. The Kier molecular flexibility index (Phi) is 15.3. The molecule has 0 rings (SSSR count). The molecule has 0 unspecified atom stereocenters. The standard InChI is InChI=1S/C20H32O3/c1-2-3-4-5-6-7-8-9-10-11-12-13-14-15-16-17-18-19(21)20(22)23/h12-18,21H,2-11H2,1H3,(H,22,23)/b13-12+,15-14+,17-16+,19-18-. The lowest BCUT2D eigenvalue weighted by atomic mass is 10.1. The fraction of sp³-hybridized carbons (Fsp3) is 0.550. The Morgan fingerprint density at radius 2 is 1.26 bits per heavy atom. The van der Waals surface area contributed by atoms with Crippen LogP contribution >= 0.6 is 0 Å². The first-order valence-corrected chi connectivity index (χ1v) is 8.81. The Hall–Kier alpha value is -1.77. The SMILES string of the molecule is CCCCCCCCCCC/C=C/C=C/C=C/C=C(\O)C(=O)O. The van der Waals surface area contributed by atoms with Crippen LogP contribution in [0.3, 0.4) is 0 Å². The number of carboxylic acid groups (broad SMARTS) is 1. The maximum atomic E-state index is 10.3. The van der Waals surface area contributed by atoms with Crippen LogP contribution in [0.5, 0.6) is 0 Å². The van der Waals surface area contributed by atoms with E-state index in [0.717, 1.165) is 12.5 Å². The molecule has 0 saturated carbocycles. The van der Waals surface area contributed by atoms with Crippen LogP contribution in [0, 0.1) is 0 Å². The largest absolute Gasteiger partial charge is 0.502 e. The highest BCUT2D eigenvalue weighted by molar-refractivity contribution is 5.83. The third-order valence-electron chi connectivity index (χ3n) is 3.53. The first-order valence-electron chi connectivity index (χ1n) is 8.81. The molecule has 0 atom stereocenters. The number of aliphatic hydroxyl groups excluding tert-OH is 1. The van der Waals surface area contributed by atoms with E-state index in [9.17, 15) is 4.79 Å². The molecule has 0 radical (unpaired) electrons. The van der Waals surface area contributed by atoms with Gasteiger partial charge in [0, 0.05) is 0 Å². The number of carboxylic acids is 1. The number of allylic oxidation sites excluding steroid dienone is 7. The van der Waals surface area contributed by atoms with Crippen molar-refractivity contribution in [2.24, 2.45) is 0 Å². The molecule has 0 saturated heterocycles. The summed E-state index contributed by atoms with van der Waals surface area (Å²) in [6.07, 6.45) is 25.4. The van der Waals surface area contributed by atoms with Gasteiger partial charge in [-0.2, -0.15) is 0 Å². The van der Waals surface area contributed by atoms with E-state index in [1.165, 1.54) is 63.9 Å². The van der Waals surface area contributed by atoms with Crippen LogP contribution in [-0.2, 0) is 4.79 Å². The van der Waals surface area contributed by atoms with Crippen molar-refractivity contribution in [3.05, 3.63) is 48.3 Å². The molecule has 3 nitrogen and oxygen atoms in total. The van der Waals surface area contributed by atoms with E-state index < -0.39 is 11.7 Å². The van der Waals surface area contributed by atoms with Crippen molar-refractivity contribution in [3.8, 4) is 0 Å². The van der Waals surface area contributed by atoms with Gasteiger partial charge in [-0.05, 0) is 18.9 Å². The van der Waals surface area contributed by atoms with E-state index in [1.807, 2.05) is 12.2 Å². The van der Waals surface area contributed by atoms with E-state index in [1.54, 1.807) is 12.2 Å². The Bertz CT molecular complexity index is 403. The number of hydrogen-bond acceptors (Lipinski definition) is 2. The van der Waals surface area contributed by atoms with Gasteiger partial charge in [0.1, 0.15) is 0 Å². The van der Waals surface area contributed by atoms with Gasteiger partial charge < -0.3 is 10.2 Å². The highest BCUT2D eigenvalue weighted by Crippen LogP contribution is 2.10. The minimum absolute atomic E-state index is 0.657. The molecule has 0 aliphatic carbocycles. The Labute approximate surface area is 141 Å². The molecule has 0 fully saturated rings. The molecule has 0 bridgehead atoms. The quantitative estimate of drug-likeness (QED) is 0.176. The molecule has 0 aliphatic rings. The first kappa shape index (κ1) is 21.2. The fourth-order valence-electron chi connectivity index (χ4n) is 2.16. The lowest BCUT2D eigenvalue weighted by Gasteiger charge is -2.00. The summed E-state index contributed by atoms with van der Waals surface area (Å²) in [6.45, 7) is 2.25. The average Bonchev–Trinajstić information content (AvgIpc) is 2.54. The molecule has 0 aromatic carbocycles. The highest BCUT2D eigenvalue weighted by Gasteiger charge is 1.99. The van der Waals surface area contributed by atoms with Gasteiger partial charge in [0.2, 0.25) is 5.76 Å². The van der Waals surface area contributed by atoms with Crippen molar-refractivity contribution in [2.45, 2.75) is 71.1 Å². The minimum atomic E-state index is -1.32. The smallest absolute Gasteiger partial charge is 0.370 e. The third kappa shape index (κ3) is 16.4. The highest BCUT2D eigenvalue weighted by atomic mass is 16.4. The zero-order valence-electron chi connectivity index (χ0n) is 14.4. The number of rotatable bonds is 14. The molecule has 0 amide bonds. The Balaban J connectivity index is 3.47. The Morgan fingerprint density at radius 3 is 1.87 bits per heavy atom. The van der Waals surface area contributed by atoms with Crippen molar-refractivity contribution in [1.29, 1.82) is 0 Å². The van der Waals surface area contributed by atoms with E-state index in [0.29, 0.717) is 0 Å². The zero-order valence-corrected chi connectivity index (χ0v) is 14.4. The average molecular weight is 320 g/mol. The van der Waals surface area contributed by atoms with Gasteiger partial charge in [-0.15, -0.1) is 0 Å². The summed E-state index contributed by atoms with van der Waals surface area (Å²) in [5.74, 6) is -1.98. The van der Waals surface area contributed by atoms with Crippen molar-refractivity contribution < 1.29 is 15.0 Å². The molecule has 23 heavy (non-hydrogen) atoms. The number of aliphatic hydroxyl groups is 1. The normalized spacial score (nSPS) is 12.8. The second-order valence-corrected chi connectivity index (χ2v) is 5.67. The zero-order chi connectivity index (χ0) is 17.2. The van der Waals surface area contributed by atoms with Gasteiger partial charge in [0.25, 0.3) is 0 Å². The molecule has 2 N–H and O–H groups in total. The number of unbranched alkanes of at least 4 members (excludes halogenated alkanes) is 9. The third-order valence-corrected chi connectivity index (χ3v) is 3.53. The summed E-state index contributed by atoms with van der Waals surface area (Å²) in [5, 5.41) is 17.3. The summed E-state index contributed by atoms with van der Waals surface area (Å²) in [7, 11) is 0. The van der Waals surface area contributed by atoms with Crippen molar-refractivity contribution in [2.75, 3.05) is 0 Å². The molecular formula is C20H32O3. The molecule has 130 valence electrons. The van der Waals surface area contributed by atoms with Gasteiger partial charge in [-0.3, -0.25) is 0 Å². The molecule has 0 aliphatic heterocycles. The van der Waals surface area contributed by atoms with E-state index in [2.05, 4.69) is 13.0 Å². The van der Waals surface area contributed by atoms with E-state index >= 15 is 0 Å². The number of carbonyl (C=O) groups is 1.